The standard InChI is InChI=1S/C18H20N4O7S/c1-11-13(18(19)24)5-4-6-14(11)20-17(23)10-21(30(3,27)28)15-9-12(22(25)26)7-8-16(15)29-2/h4-9H,10H2,1-3H3,(H2,19,24)(H,20,23). The number of primary amides is 1. The summed E-state index contributed by atoms with van der Waals surface area (Å²) in [5.74, 6) is -1.38. The number of nitrogens with zero attached hydrogens (tertiary/aromatic N) is 2. The first-order chi connectivity index (χ1) is 14.0. The van der Waals surface area contributed by atoms with E-state index in [4.69, 9.17) is 10.5 Å². The van der Waals surface area contributed by atoms with Crippen molar-refractivity contribution in [2.45, 2.75) is 6.92 Å². The van der Waals surface area contributed by atoms with Crippen LogP contribution in [-0.2, 0) is 14.8 Å². The van der Waals surface area contributed by atoms with Gasteiger partial charge < -0.3 is 15.8 Å². The zero-order chi connectivity index (χ0) is 22.6. The minimum absolute atomic E-state index is 0.0331. The third kappa shape index (κ3) is 5.03. The van der Waals surface area contributed by atoms with E-state index in [0.717, 1.165) is 18.4 Å². The molecule has 0 aliphatic carbocycles. The Balaban J connectivity index is 2.41. The first kappa shape index (κ1) is 22.6. The Hall–Kier alpha value is -3.67. The quantitative estimate of drug-likeness (QED) is 0.467. The van der Waals surface area contributed by atoms with Gasteiger partial charge in [0.15, 0.2) is 0 Å². The highest BCUT2D eigenvalue weighted by Gasteiger charge is 2.26. The van der Waals surface area contributed by atoms with Gasteiger partial charge in [-0.3, -0.25) is 24.0 Å². The molecule has 0 atom stereocenters. The number of nitro benzene ring substituents is 1. The van der Waals surface area contributed by atoms with Crippen LogP contribution in [0.1, 0.15) is 15.9 Å². The fraction of sp³-hybridized carbons (Fsp3) is 0.222. The van der Waals surface area contributed by atoms with Crippen LogP contribution >= 0.6 is 0 Å². The van der Waals surface area contributed by atoms with Crippen molar-refractivity contribution in [3.8, 4) is 5.75 Å². The number of hydrogen-bond acceptors (Lipinski definition) is 7. The highest BCUT2D eigenvalue weighted by molar-refractivity contribution is 7.92. The number of amides is 2. The summed E-state index contributed by atoms with van der Waals surface area (Å²) in [6, 6.07) is 7.93. The SMILES string of the molecule is COc1ccc([N+](=O)[O-])cc1N(CC(=O)Nc1cccc(C(N)=O)c1C)S(C)(=O)=O. The second kappa shape index (κ2) is 8.78. The number of sulfonamides is 1. The lowest BCUT2D eigenvalue weighted by atomic mass is 10.1. The van der Waals surface area contributed by atoms with Gasteiger partial charge >= 0.3 is 0 Å². The van der Waals surface area contributed by atoms with Gasteiger partial charge in [0.1, 0.15) is 18.0 Å². The van der Waals surface area contributed by atoms with Crippen LogP contribution in [0.4, 0.5) is 17.1 Å². The number of methoxy groups -OCH3 is 1. The van der Waals surface area contributed by atoms with E-state index in [1.807, 2.05) is 0 Å². The van der Waals surface area contributed by atoms with E-state index in [9.17, 15) is 28.1 Å². The predicted octanol–water partition coefficient (Wildman–Crippen LogP) is 1.42. The predicted molar refractivity (Wildman–Crippen MR) is 110 cm³/mol. The third-order valence-corrected chi connectivity index (χ3v) is 5.33. The zero-order valence-corrected chi connectivity index (χ0v) is 17.2. The van der Waals surface area contributed by atoms with Gasteiger partial charge in [-0.25, -0.2) is 8.42 Å². The van der Waals surface area contributed by atoms with E-state index >= 15 is 0 Å². The average Bonchev–Trinajstić information content (AvgIpc) is 2.66. The first-order valence-corrected chi connectivity index (χ1v) is 10.3. The molecule has 0 aromatic heterocycles. The molecule has 2 rings (SSSR count). The summed E-state index contributed by atoms with van der Waals surface area (Å²) in [6.45, 7) is 0.893. The molecule has 2 aromatic rings. The Morgan fingerprint density at radius 1 is 1.27 bits per heavy atom. The monoisotopic (exact) mass is 436 g/mol. The fourth-order valence-electron chi connectivity index (χ4n) is 2.73. The average molecular weight is 436 g/mol. The molecule has 2 aromatic carbocycles. The van der Waals surface area contributed by atoms with Crippen molar-refractivity contribution >= 4 is 38.9 Å². The van der Waals surface area contributed by atoms with E-state index < -0.39 is 33.3 Å². The lowest BCUT2D eigenvalue weighted by Crippen LogP contribution is -2.37. The van der Waals surface area contributed by atoms with Gasteiger partial charge in [0.05, 0.1) is 18.3 Å². The summed E-state index contributed by atoms with van der Waals surface area (Å²) in [6.07, 6.45) is 0.859. The first-order valence-electron chi connectivity index (χ1n) is 8.45. The summed E-state index contributed by atoms with van der Waals surface area (Å²) in [5, 5.41) is 13.6. The molecule has 0 fully saturated rings. The van der Waals surface area contributed by atoms with Crippen LogP contribution in [0, 0.1) is 17.0 Å². The molecule has 11 nitrogen and oxygen atoms in total. The molecule has 0 radical (unpaired) electrons. The molecule has 30 heavy (non-hydrogen) atoms. The van der Waals surface area contributed by atoms with Crippen molar-refractivity contribution in [1.82, 2.24) is 0 Å². The van der Waals surface area contributed by atoms with Crippen molar-refractivity contribution in [1.29, 1.82) is 0 Å². The van der Waals surface area contributed by atoms with Crippen molar-refractivity contribution in [2.24, 2.45) is 5.73 Å². The summed E-state index contributed by atoms with van der Waals surface area (Å²) < 4.78 is 30.5. The number of nitrogens with one attached hydrogen (secondary N) is 1. The maximum absolute atomic E-state index is 12.6. The third-order valence-electron chi connectivity index (χ3n) is 4.20. The highest BCUT2D eigenvalue weighted by atomic mass is 32.2. The molecule has 0 saturated carbocycles. The summed E-state index contributed by atoms with van der Waals surface area (Å²) in [7, 11) is -2.75. The minimum Gasteiger partial charge on any atom is -0.495 e. The van der Waals surface area contributed by atoms with E-state index in [1.54, 1.807) is 6.92 Å². The smallest absolute Gasteiger partial charge is 0.271 e. The zero-order valence-electron chi connectivity index (χ0n) is 16.4. The van der Waals surface area contributed by atoms with E-state index in [-0.39, 0.29) is 28.4 Å². The van der Waals surface area contributed by atoms with Crippen LogP contribution < -0.4 is 20.1 Å². The summed E-state index contributed by atoms with van der Waals surface area (Å²) in [5.41, 5.74) is 5.65. The second-order valence-electron chi connectivity index (χ2n) is 6.27. The number of anilines is 2. The molecule has 0 heterocycles. The fourth-order valence-corrected chi connectivity index (χ4v) is 3.58. The number of rotatable bonds is 8. The maximum Gasteiger partial charge on any atom is 0.271 e. The molecule has 160 valence electrons. The number of carbonyl (C=O) groups is 2. The van der Waals surface area contributed by atoms with Crippen molar-refractivity contribution in [3.63, 3.8) is 0 Å². The van der Waals surface area contributed by atoms with Crippen molar-refractivity contribution in [3.05, 3.63) is 57.6 Å². The Bertz CT molecular complexity index is 1120. The van der Waals surface area contributed by atoms with Crippen LogP contribution in [0.5, 0.6) is 5.75 Å². The van der Waals surface area contributed by atoms with Gasteiger partial charge in [0, 0.05) is 23.4 Å². The number of non-ortho nitro benzene ring substituents is 1. The molecule has 12 heteroatoms. The number of nitro groups is 1. The Labute approximate surface area is 172 Å². The van der Waals surface area contributed by atoms with Crippen LogP contribution in [0.25, 0.3) is 0 Å². The molecule has 0 saturated heterocycles. The molecule has 2 amide bonds. The topological polar surface area (TPSA) is 162 Å². The van der Waals surface area contributed by atoms with Crippen molar-refractivity contribution < 1.29 is 27.7 Å². The Morgan fingerprint density at radius 2 is 1.93 bits per heavy atom. The number of benzene rings is 2. The maximum atomic E-state index is 12.6. The van der Waals surface area contributed by atoms with Crippen LogP contribution in [0.15, 0.2) is 36.4 Å². The number of ether oxygens (including phenoxy) is 1. The molecular weight excluding hydrogens is 416 g/mol. The van der Waals surface area contributed by atoms with Crippen molar-refractivity contribution in [2.75, 3.05) is 29.5 Å². The number of carbonyl (C=O) groups excluding carboxylic acids is 2. The largest absolute Gasteiger partial charge is 0.495 e. The van der Waals surface area contributed by atoms with E-state index in [1.165, 1.54) is 31.4 Å². The molecule has 0 unspecified atom stereocenters. The molecule has 0 spiro atoms. The van der Waals surface area contributed by atoms with Gasteiger partial charge in [-0.1, -0.05) is 6.07 Å². The van der Waals surface area contributed by atoms with Gasteiger partial charge in [0.2, 0.25) is 21.8 Å². The van der Waals surface area contributed by atoms with Gasteiger partial charge in [-0.2, -0.15) is 0 Å². The summed E-state index contributed by atoms with van der Waals surface area (Å²) in [4.78, 5) is 34.5. The normalized spacial score (nSPS) is 10.9. The molecule has 0 bridgehead atoms. The molecule has 3 N–H and O–H groups in total. The van der Waals surface area contributed by atoms with Crippen LogP contribution in [0.3, 0.4) is 0 Å². The van der Waals surface area contributed by atoms with Gasteiger partial charge in [-0.15, -0.1) is 0 Å². The lowest BCUT2D eigenvalue weighted by molar-refractivity contribution is -0.384. The highest BCUT2D eigenvalue weighted by Crippen LogP contribution is 2.33. The lowest BCUT2D eigenvalue weighted by Gasteiger charge is -2.23. The second-order valence-corrected chi connectivity index (χ2v) is 8.18. The van der Waals surface area contributed by atoms with Crippen LogP contribution in [0.2, 0.25) is 0 Å². The Kier molecular flexibility index (Phi) is 6.62. The molecule has 0 aliphatic rings. The van der Waals surface area contributed by atoms with Crippen LogP contribution in [-0.4, -0.2) is 45.1 Å². The van der Waals surface area contributed by atoms with E-state index in [0.29, 0.717) is 9.87 Å². The number of hydrogen-bond donors (Lipinski definition) is 2. The number of nitrogens with two attached hydrogens (primary N) is 1. The molecule has 0 aliphatic heterocycles. The minimum atomic E-state index is -4.02. The van der Waals surface area contributed by atoms with Gasteiger partial charge in [-0.05, 0) is 30.7 Å². The Morgan fingerprint density at radius 3 is 2.47 bits per heavy atom. The molecular formula is C18H20N4O7S. The summed E-state index contributed by atoms with van der Waals surface area (Å²) >= 11 is 0. The van der Waals surface area contributed by atoms with E-state index in [2.05, 4.69) is 5.32 Å². The van der Waals surface area contributed by atoms with Gasteiger partial charge in [0.25, 0.3) is 5.69 Å².